The van der Waals surface area contributed by atoms with Gasteiger partial charge in [0.1, 0.15) is 0 Å². The molecule has 3 heteroatoms. The molecule has 4 heavy (non-hydrogen) atoms. The van der Waals surface area contributed by atoms with E-state index in [-0.39, 0.29) is 38.7 Å². The van der Waals surface area contributed by atoms with Crippen LogP contribution in [0.15, 0.2) is 0 Å². The maximum Gasteiger partial charge on any atom is 1.00 e. The van der Waals surface area contributed by atoms with Crippen LogP contribution in [0.3, 0.4) is 0 Å². The monoisotopic (exact) mass is 60.1 g/mol. The number of hydrogen-bond donors (Lipinski definition) is 0. The summed E-state index contributed by atoms with van der Waals surface area (Å²) in [6.45, 7) is 0. The summed E-state index contributed by atoms with van der Waals surface area (Å²) in [4.78, 5) is 0. The standard InChI is InChI=1S/CH4.Li.2H2O.H/h1H4;;2*1H2;/q;+1;;;-1. The molecule has 0 aromatic rings. The van der Waals surface area contributed by atoms with Gasteiger partial charge in [-0.25, -0.2) is 0 Å². The van der Waals surface area contributed by atoms with Crippen molar-refractivity contribution in [3.05, 3.63) is 0 Å². The minimum Gasteiger partial charge on any atom is -1.00 e. The third-order valence-electron chi connectivity index (χ3n) is 0. The van der Waals surface area contributed by atoms with Gasteiger partial charge in [-0.05, 0) is 0 Å². The van der Waals surface area contributed by atoms with E-state index in [2.05, 4.69) is 0 Å². The van der Waals surface area contributed by atoms with Crippen molar-refractivity contribution in [1.29, 1.82) is 0 Å². The number of rotatable bonds is 0. The summed E-state index contributed by atoms with van der Waals surface area (Å²) >= 11 is 0. The molecule has 0 unspecified atom stereocenters. The van der Waals surface area contributed by atoms with Crippen LogP contribution < -0.4 is 18.9 Å². The van der Waals surface area contributed by atoms with Crippen molar-refractivity contribution in [2.75, 3.05) is 0 Å². The van der Waals surface area contributed by atoms with Gasteiger partial charge < -0.3 is 12.4 Å². The SMILES string of the molecule is C.O.O.[H-].[Li+]. The Morgan fingerprint density at radius 1 is 1.00 bits per heavy atom. The third kappa shape index (κ3) is 21.7. The van der Waals surface area contributed by atoms with E-state index in [9.17, 15) is 0 Å². The first-order chi connectivity index (χ1) is 0. The zero-order chi connectivity index (χ0) is 0. The molecule has 0 heterocycles. The van der Waals surface area contributed by atoms with Crippen LogP contribution in [0.1, 0.15) is 8.85 Å². The van der Waals surface area contributed by atoms with E-state index in [4.69, 9.17) is 0 Å². The van der Waals surface area contributed by atoms with Crippen molar-refractivity contribution in [3.63, 3.8) is 0 Å². The van der Waals surface area contributed by atoms with Crippen molar-refractivity contribution in [2.24, 2.45) is 0 Å². The fourth-order valence-corrected chi connectivity index (χ4v) is 0. The van der Waals surface area contributed by atoms with Gasteiger partial charge in [-0.3, -0.25) is 0 Å². The van der Waals surface area contributed by atoms with E-state index >= 15 is 0 Å². The Labute approximate surface area is 39.5 Å². The molecule has 2 nitrogen and oxygen atoms in total. The molecule has 0 aliphatic carbocycles. The minimum atomic E-state index is 0. The van der Waals surface area contributed by atoms with Gasteiger partial charge in [0.25, 0.3) is 0 Å². The third-order valence-corrected chi connectivity index (χ3v) is 0. The number of hydrogen-bond acceptors (Lipinski definition) is 0. The average molecular weight is 60.0 g/mol. The molecule has 0 rings (SSSR count). The maximum atomic E-state index is 0. The molecule has 0 aromatic carbocycles. The summed E-state index contributed by atoms with van der Waals surface area (Å²) in [5, 5.41) is 0. The maximum absolute atomic E-state index is 0. The fraction of sp³-hybridized carbons (Fsp3) is 1.00. The molecular formula is CH9LiO2. The first kappa shape index (κ1) is 209. The molecule has 0 aliphatic heterocycles. The summed E-state index contributed by atoms with van der Waals surface area (Å²) in [6, 6.07) is 0. The van der Waals surface area contributed by atoms with Gasteiger partial charge in [-0.1, -0.05) is 7.43 Å². The summed E-state index contributed by atoms with van der Waals surface area (Å²) < 4.78 is 0. The van der Waals surface area contributed by atoms with E-state index in [0.717, 1.165) is 0 Å². The second-order valence-corrected chi connectivity index (χ2v) is 0. The predicted octanol–water partition coefficient (Wildman–Crippen LogP) is -3.90. The van der Waals surface area contributed by atoms with Gasteiger partial charge in [0.15, 0.2) is 0 Å². The van der Waals surface area contributed by atoms with Gasteiger partial charge in [0.05, 0.1) is 0 Å². The van der Waals surface area contributed by atoms with Gasteiger partial charge in [-0.15, -0.1) is 0 Å². The molecule has 0 saturated carbocycles. The molecule has 0 atom stereocenters. The molecule has 0 spiro atoms. The van der Waals surface area contributed by atoms with Gasteiger partial charge in [0, 0.05) is 0 Å². The van der Waals surface area contributed by atoms with E-state index in [1.54, 1.807) is 0 Å². The summed E-state index contributed by atoms with van der Waals surface area (Å²) in [5.41, 5.74) is 0. The molecule has 0 amide bonds. The minimum absolute atomic E-state index is 0. The molecule has 0 bridgehead atoms. The van der Waals surface area contributed by atoms with Crippen LogP contribution in [0.5, 0.6) is 0 Å². The molecule has 0 saturated heterocycles. The van der Waals surface area contributed by atoms with Crippen LogP contribution in [-0.2, 0) is 0 Å². The zero-order valence-electron chi connectivity index (χ0n) is 3.00. The molecule has 26 valence electrons. The Balaban J connectivity index is 0. The van der Waals surface area contributed by atoms with Crippen molar-refractivity contribution in [1.82, 2.24) is 0 Å². The van der Waals surface area contributed by atoms with Crippen molar-refractivity contribution in [2.45, 2.75) is 7.43 Å². The summed E-state index contributed by atoms with van der Waals surface area (Å²) in [6.07, 6.45) is 0. The van der Waals surface area contributed by atoms with E-state index in [0.29, 0.717) is 0 Å². The molecular weight excluding hydrogens is 51.0 g/mol. The second-order valence-electron chi connectivity index (χ2n) is 0. The summed E-state index contributed by atoms with van der Waals surface area (Å²) in [5.74, 6) is 0. The van der Waals surface area contributed by atoms with E-state index < -0.39 is 0 Å². The zero-order valence-corrected chi connectivity index (χ0v) is 2.00. The Kier molecular flexibility index (Phi) is 4350. The van der Waals surface area contributed by atoms with Crippen molar-refractivity contribution >= 4 is 0 Å². The van der Waals surface area contributed by atoms with Crippen LogP contribution in [0.25, 0.3) is 0 Å². The van der Waals surface area contributed by atoms with Gasteiger partial charge >= 0.3 is 18.9 Å². The Morgan fingerprint density at radius 3 is 1.00 bits per heavy atom. The molecule has 0 radical (unpaired) electrons. The smallest absolute Gasteiger partial charge is 1.00 e. The van der Waals surface area contributed by atoms with Crippen LogP contribution in [0, 0.1) is 0 Å². The van der Waals surface area contributed by atoms with Crippen molar-refractivity contribution in [3.8, 4) is 0 Å². The quantitative estimate of drug-likeness (QED) is 0.256. The normalized spacial score (nSPS) is 0. The Morgan fingerprint density at radius 2 is 1.00 bits per heavy atom. The van der Waals surface area contributed by atoms with Crippen LogP contribution in [0.4, 0.5) is 0 Å². The first-order valence-corrected chi connectivity index (χ1v) is 0. The Hall–Kier alpha value is 0.517. The van der Waals surface area contributed by atoms with Gasteiger partial charge in [0.2, 0.25) is 0 Å². The fourth-order valence-electron chi connectivity index (χ4n) is 0. The predicted molar refractivity (Wildman–Crippen MR) is 15.1 cm³/mol. The van der Waals surface area contributed by atoms with Crippen LogP contribution >= 0.6 is 0 Å². The van der Waals surface area contributed by atoms with Crippen LogP contribution in [0.2, 0.25) is 0 Å². The van der Waals surface area contributed by atoms with E-state index in [1.165, 1.54) is 0 Å². The topological polar surface area (TPSA) is 63.0 Å². The molecule has 4 N–H and O–H groups in total. The second kappa shape index (κ2) is 83.3. The van der Waals surface area contributed by atoms with E-state index in [1.807, 2.05) is 0 Å². The average Bonchev–Trinajstić information content (AvgIpc) is 0. The van der Waals surface area contributed by atoms with Crippen molar-refractivity contribution < 1.29 is 31.2 Å². The Bertz CT molecular complexity index is 9.61. The van der Waals surface area contributed by atoms with Crippen LogP contribution in [-0.4, -0.2) is 11.0 Å². The molecule has 0 aliphatic rings. The molecule has 0 fully saturated rings. The molecule has 0 aromatic heterocycles. The largest absolute Gasteiger partial charge is 1.00 e. The first-order valence-electron chi connectivity index (χ1n) is 0. The van der Waals surface area contributed by atoms with Gasteiger partial charge in [-0.2, -0.15) is 0 Å². The summed E-state index contributed by atoms with van der Waals surface area (Å²) in [7, 11) is 0.